The predicted molar refractivity (Wildman–Crippen MR) is 320 cm³/mol. The van der Waals surface area contributed by atoms with E-state index in [-0.39, 0.29) is 29.2 Å². The van der Waals surface area contributed by atoms with Crippen molar-refractivity contribution in [3.05, 3.63) is 29.8 Å². The lowest BCUT2D eigenvalue weighted by molar-refractivity contribution is -0.141. The van der Waals surface area contributed by atoms with Crippen LogP contribution in [0.1, 0.15) is 77.2 Å². The third kappa shape index (κ3) is 31.3. The lowest BCUT2D eigenvalue weighted by atomic mass is 9.99. The lowest BCUT2D eigenvalue weighted by Crippen LogP contribution is -2.61. The Morgan fingerprint density at radius 1 is 0.422 bits per heavy atom. The summed E-state index contributed by atoms with van der Waals surface area (Å²) in [4.78, 5) is 219. The highest BCUT2D eigenvalue weighted by Crippen LogP contribution is 2.15. The van der Waals surface area contributed by atoms with E-state index in [0.717, 1.165) is 0 Å². The quantitative estimate of drug-likeness (QED) is 0.0270. The minimum absolute atomic E-state index is 0.215. The largest absolute Gasteiger partial charge is 0.508 e. The Morgan fingerprint density at radius 3 is 1.17 bits per heavy atom. The minimum atomic E-state index is -1.96. The van der Waals surface area contributed by atoms with Gasteiger partial charge in [-0.1, -0.05) is 26.0 Å². The van der Waals surface area contributed by atoms with Gasteiger partial charge >= 0.3 is 23.9 Å². The smallest absolute Gasteiger partial charge is 0.327 e. The third-order valence-electron chi connectivity index (χ3n) is 12.3. The number of amides is 13. The van der Waals surface area contributed by atoms with E-state index in [0.29, 0.717) is 0 Å². The molecular formula is C51H76N14O22S3. The molecule has 0 spiro atoms. The second-order valence-electron chi connectivity index (χ2n) is 20.2. The van der Waals surface area contributed by atoms with Gasteiger partial charge in [0.05, 0.1) is 32.0 Å². The number of hydrogen-bond donors (Lipinski definition) is 22. The van der Waals surface area contributed by atoms with Gasteiger partial charge in [0.1, 0.15) is 60.1 Å². The first-order valence-electron chi connectivity index (χ1n) is 27.2. The van der Waals surface area contributed by atoms with Crippen LogP contribution in [0, 0.1) is 5.92 Å². The first-order chi connectivity index (χ1) is 42.1. The van der Waals surface area contributed by atoms with Crippen molar-refractivity contribution in [2.24, 2.45) is 23.1 Å². The van der Waals surface area contributed by atoms with Crippen molar-refractivity contribution in [2.75, 3.05) is 30.3 Å². The molecule has 0 aliphatic rings. The Labute approximate surface area is 529 Å². The summed E-state index contributed by atoms with van der Waals surface area (Å²) in [5.74, 6) is -22.5. The van der Waals surface area contributed by atoms with Crippen molar-refractivity contribution in [1.29, 1.82) is 0 Å². The molecule has 22 N–H and O–H groups in total. The summed E-state index contributed by atoms with van der Waals surface area (Å²) >= 11 is 11.7. The summed E-state index contributed by atoms with van der Waals surface area (Å²) in [6.45, 7) is 1.69. The molecule has 500 valence electrons. The van der Waals surface area contributed by atoms with Gasteiger partial charge in [-0.25, -0.2) is 4.79 Å². The number of carboxylic acid groups (broad SMARTS) is 4. The molecule has 1 aromatic rings. The number of primary amides is 2. The molecule has 1 rings (SSSR count). The number of aromatic hydroxyl groups is 1. The zero-order valence-electron chi connectivity index (χ0n) is 48.5. The van der Waals surface area contributed by atoms with Crippen LogP contribution in [0.15, 0.2) is 24.3 Å². The summed E-state index contributed by atoms with van der Waals surface area (Å²) in [5.41, 5.74) is 16.5. The Hall–Kier alpha value is -8.98. The third-order valence-corrected chi connectivity index (χ3v) is 13.4. The number of aliphatic carboxylic acids is 4. The van der Waals surface area contributed by atoms with Crippen LogP contribution in [0.3, 0.4) is 0 Å². The number of thiol groups is 3. The SMILES string of the molecule is CC(C)C[C@H](NC(=O)[C@H](CCC(=O)O)NC(=O)[C@H](CCC(=O)O)NC(=O)[C@H](CC(N)=O)NC(=O)[C@@H](N)CS)C(=O)N[C@@H](Cc1ccc(O)cc1)C(=O)N[C@@H](CCC(=O)O)C(=O)N[C@@H](CC(N)=O)C(=O)N[C@@H](CS)C(=O)NCC(=O)NCC(=O)N[C@@H](CS)C(=O)O. The Balaban J connectivity index is 3.63. The number of nitrogens with two attached hydrogens (primary N) is 3. The number of carbonyl (C=O) groups excluding carboxylic acids is 13. The summed E-state index contributed by atoms with van der Waals surface area (Å²) in [7, 11) is 0. The van der Waals surface area contributed by atoms with Gasteiger partial charge in [-0.15, -0.1) is 0 Å². The van der Waals surface area contributed by atoms with Crippen LogP contribution in [0.2, 0.25) is 0 Å². The average molecular weight is 1330 g/mol. The molecule has 0 radical (unpaired) electrons. The van der Waals surface area contributed by atoms with Crippen molar-refractivity contribution < 1.29 is 107 Å². The van der Waals surface area contributed by atoms with Crippen LogP contribution < -0.4 is 75.7 Å². The number of phenolic OH excluding ortho intramolecular Hbond substituents is 1. The standard InChI is InChI=1S/C51H76N14O22S3/c1-22(2)13-29(62-45(80)27(8-11-40(73)74)58-44(79)26(7-10-39(71)72)60-49(84)31(15-35(53)67)61-42(77)25(52)19-88)47(82)63-30(14-23-3-5-24(66)6-4-23)48(83)59-28(9-12-41(75)76)46(81)64-32(16-36(54)68)50(85)65-33(20-89)43(78)56-17-37(69)55-18-38(70)57-34(21-90)51(86)87/h3-6,22,25-34,66,88-90H,7-21,52H2,1-2H3,(H2,53,67)(H2,54,68)(H,55,69)(H,56,78)(H,57,70)(H,58,79)(H,59,83)(H,60,84)(H,61,77)(H,62,80)(H,63,82)(H,64,81)(H,65,85)(H,71,72)(H,73,74)(H,75,76)(H,86,87)/t25-,26-,27-,28-,29-,30-,31-,32-,33-,34-/m0/s1. The van der Waals surface area contributed by atoms with Crippen molar-refractivity contribution >= 4 is 139 Å². The number of hydrogen-bond acceptors (Lipinski definition) is 22. The van der Waals surface area contributed by atoms with Gasteiger partial charge < -0.3 is 101 Å². The molecule has 0 aliphatic carbocycles. The summed E-state index contributed by atoms with van der Waals surface area (Å²) in [6.07, 6.45) is -7.12. The maximum Gasteiger partial charge on any atom is 0.327 e. The molecular weight excluding hydrogens is 1260 g/mol. The van der Waals surface area contributed by atoms with Gasteiger partial charge in [-0.2, -0.15) is 37.9 Å². The molecule has 36 nitrogen and oxygen atoms in total. The second kappa shape index (κ2) is 40.5. The number of benzene rings is 1. The monoisotopic (exact) mass is 1330 g/mol. The molecule has 0 unspecified atom stereocenters. The van der Waals surface area contributed by atoms with Crippen molar-refractivity contribution in [2.45, 2.75) is 138 Å². The van der Waals surface area contributed by atoms with E-state index in [2.05, 4.69) is 96.4 Å². The van der Waals surface area contributed by atoms with Gasteiger partial charge in [-0.05, 0) is 49.3 Å². The first-order valence-corrected chi connectivity index (χ1v) is 29.1. The molecule has 13 amide bonds. The van der Waals surface area contributed by atoms with Gasteiger partial charge in [0.2, 0.25) is 76.8 Å². The lowest BCUT2D eigenvalue weighted by Gasteiger charge is -2.28. The molecule has 0 saturated carbocycles. The fourth-order valence-electron chi connectivity index (χ4n) is 7.64. The van der Waals surface area contributed by atoms with E-state index in [1.807, 2.05) is 0 Å². The fraction of sp³-hybridized carbons (Fsp3) is 0.549. The number of nitrogens with one attached hydrogen (secondary N) is 11. The van der Waals surface area contributed by atoms with Crippen molar-refractivity contribution in [1.82, 2.24) is 58.5 Å². The molecule has 0 fully saturated rings. The Kier molecular flexibility index (Phi) is 35.6. The first kappa shape index (κ1) is 79.0. The summed E-state index contributed by atoms with van der Waals surface area (Å²) < 4.78 is 0. The van der Waals surface area contributed by atoms with E-state index in [4.69, 9.17) is 22.3 Å². The minimum Gasteiger partial charge on any atom is -0.508 e. The van der Waals surface area contributed by atoms with E-state index in [1.165, 1.54) is 24.3 Å². The number of carboxylic acids is 4. The fourth-order valence-corrected chi connectivity index (χ4v) is 8.31. The van der Waals surface area contributed by atoms with E-state index >= 15 is 0 Å². The molecule has 1 aromatic carbocycles. The molecule has 39 heteroatoms. The van der Waals surface area contributed by atoms with Crippen LogP contribution in [-0.4, -0.2) is 217 Å². The molecule has 0 bridgehead atoms. The highest BCUT2D eigenvalue weighted by atomic mass is 32.1. The highest BCUT2D eigenvalue weighted by Gasteiger charge is 2.37. The number of rotatable bonds is 43. The Bertz CT molecular complexity index is 2780. The van der Waals surface area contributed by atoms with Crippen LogP contribution in [0.4, 0.5) is 0 Å². The van der Waals surface area contributed by atoms with E-state index in [9.17, 15) is 102 Å². The second-order valence-corrected chi connectivity index (χ2v) is 21.3. The Morgan fingerprint density at radius 2 is 0.778 bits per heavy atom. The zero-order valence-corrected chi connectivity index (χ0v) is 51.2. The van der Waals surface area contributed by atoms with Crippen LogP contribution in [0.5, 0.6) is 5.75 Å². The van der Waals surface area contributed by atoms with Crippen LogP contribution in [0.25, 0.3) is 0 Å². The van der Waals surface area contributed by atoms with E-state index < -0.39 is 244 Å². The van der Waals surface area contributed by atoms with Crippen molar-refractivity contribution in [3.63, 3.8) is 0 Å². The maximum atomic E-state index is 14.4. The molecule has 90 heavy (non-hydrogen) atoms. The van der Waals surface area contributed by atoms with Crippen LogP contribution in [-0.2, 0) is 87.9 Å². The normalized spacial score (nSPS) is 14.2. The summed E-state index contributed by atoms with van der Waals surface area (Å²) in [6, 6.07) is -12.1. The zero-order chi connectivity index (χ0) is 68.5. The highest BCUT2D eigenvalue weighted by molar-refractivity contribution is 7.80. The van der Waals surface area contributed by atoms with E-state index in [1.54, 1.807) is 13.8 Å². The predicted octanol–water partition coefficient (Wildman–Crippen LogP) is -7.88. The molecule has 0 aromatic heterocycles. The van der Waals surface area contributed by atoms with Crippen molar-refractivity contribution in [3.8, 4) is 5.75 Å². The average Bonchev–Trinajstić information content (AvgIpc) is 1.43. The van der Waals surface area contributed by atoms with Gasteiger partial charge in [0.15, 0.2) is 0 Å². The topological polar surface area (TPSA) is 602 Å². The van der Waals surface area contributed by atoms with Gasteiger partial charge in [0.25, 0.3) is 0 Å². The van der Waals surface area contributed by atoms with Crippen LogP contribution >= 0.6 is 37.9 Å². The van der Waals surface area contributed by atoms with Gasteiger partial charge in [0, 0.05) is 42.9 Å². The molecule has 0 heterocycles. The number of phenols is 1. The van der Waals surface area contributed by atoms with Gasteiger partial charge in [-0.3, -0.25) is 76.7 Å². The molecule has 0 aliphatic heterocycles. The maximum absolute atomic E-state index is 14.4. The summed E-state index contributed by atoms with van der Waals surface area (Å²) in [5, 5.41) is 72.2. The molecule has 0 saturated heterocycles. The molecule has 10 atom stereocenters. The number of carbonyl (C=O) groups is 17.